The van der Waals surface area contributed by atoms with Gasteiger partial charge in [0.25, 0.3) is 0 Å². The first-order valence-electron chi connectivity index (χ1n) is 12.0. The van der Waals surface area contributed by atoms with Crippen molar-refractivity contribution >= 4 is 11.9 Å². The summed E-state index contributed by atoms with van der Waals surface area (Å²) in [5.41, 5.74) is 2.80. The zero-order valence-corrected chi connectivity index (χ0v) is 20.0. The summed E-state index contributed by atoms with van der Waals surface area (Å²) in [6, 6.07) is 23.5. The summed E-state index contributed by atoms with van der Waals surface area (Å²) in [5, 5.41) is 0. The molecular formula is C29H30N2O4. The van der Waals surface area contributed by atoms with Crippen molar-refractivity contribution in [2.24, 2.45) is 0 Å². The largest absolute Gasteiger partial charge is 0.497 e. The number of fused-ring (bicyclic) bond motifs is 1. The molecule has 0 amide bonds. The lowest BCUT2D eigenvalue weighted by Crippen LogP contribution is -2.47. The van der Waals surface area contributed by atoms with Crippen molar-refractivity contribution in [3.8, 4) is 17.2 Å². The first-order chi connectivity index (χ1) is 17.2. The number of ether oxygens (including phenoxy) is 3. The number of methoxy groups -OCH3 is 1. The molecule has 6 heteroatoms. The van der Waals surface area contributed by atoms with Crippen LogP contribution in [0.3, 0.4) is 0 Å². The third kappa shape index (κ3) is 5.73. The van der Waals surface area contributed by atoms with Crippen molar-refractivity contribution < 1.29 is 19.0 Å². The third-order valence-corrected chi connectivity index (χ3v) is 6.45. The molecule has 2 aliphatic heterocycles. The summed E-state index contributed by atoms with van der Waals surface area (Å²) >= 11 is 0. The number of piperazine rings is 1. The molecule has 0 bridgehead atoms. The average molecular weight is 471 g/mol. The second-order valence-electron chi connectivity index (χ2n) is 8.82. The van der Waals surface area contributed by atoms with Crippen LogP contribution in [-0.4, -0.2) is 62.0 Å². The van der Waals surface area contributed by atoms with Gasteiger partial charge in [-0.1, -0.05) is 42.5 Å². The molecular weight excluding hydrogens is 440 g/mol. The van der Waals surface area contributed by atoms with Crippen LogP contribution in [0.2, 0.25) is 0 Å². The van der Waals surface area contributed by atoms with E-state index in [1.807, 2.05) is 30.3 Å². The highest BCUT2D eigenvalue weighted by Gasteiger charge is 2.27. The number of hydrogen-bond acceptors (Lipinski definition) is 6. The summed E-state index contributed by atoms with van der Waals surface area (Å²) < 4.78 is 17.0. The van der Waals surface area contributed by atoms with Gasteiger partial charge in [-0.15, -0.1) is 0 Å². The molecule has 0 N–H and O–H groups in total. The van der Waals surface area contributed by atoms with Crippen LogP contribution in [0.5, 0.6) is 17.2 Å². The van der Waals surface area contributed by atoms with Gasteiger partial charge in [0.15, 0.2) is 5.76 Å². The highest BCUT2D eigenvalue weighted by molar-refractivity contribution is 6.14. The van der Waals surface area contributed by atoms with E-state index in [1.165, 1.54) is 5.56 Å². The Hall–Kier alpha value is -3.61. The van der Waals surface area contributed by atoms with Gasteiger partial charge in [-0.25, -0.2) is 0 Å². The average Bonchev–Trinajstić information content (AvgIpc) is 3.20. The molecule has 1 fully saturated rings. The van der Waals surface area contributed by atoms with Crippen LogP contribution in [-0.2, 0) is 6.54 Å². The lowest BCUT2D eigenvalue weighted by atomic mass is 10.1. The molecule has 0 saturated carbocycles. The number of rotatable bonds is 8. The van der Waals surface area contributed by atoms with Crippen molar-refractivity contribution in [1.82, 2.24) is 9.80 Å². The predicted molar refractivity (Wildman–Crippen MR) is 136 cm³/mol. The van der Waals surface area contributed by atoms with E-state index < -0.39 is 0 Å². The Morgan fingerprint density at radius 3 is 2.34 bits per heavy atom. The number of Topliss-reactive ketones (excluding diaryl/α,β-unsaturated/α-hetero) is 1. The maximum absolute atomic E-state index is 12.7. The van der Waals surface area contributed by atoms with E-state index in [9.17, 15) is 4.79 Å². The lowest BCUT2D eigenvalue weighted by molar-refractivity contribution is 0.101. The Balaban J connectivity index is 1.10. The minimum atomic E-state index is -0.115. The second kappa shape index (κ2) is 10.8. The third-order valence-electron chi connectivity index (χ3n) is 6.45. The SMILES string of the molecule is COc1ccc(C=C2Oc3cc(OCCN4CCN(Cc5ccccc5)CC4)ccc3C2=O)cc1. The van der Waals surface area contributed by atoms with Gasteiger partial charge in [-0.2, -0.15) is 0 Å². The van der Waals surface area contributed by atoms with E-state index in [1.54, 1.807) is 25.3 Å². The fraction of sp³-hybridized carbons (Fsp3) is 0.276. The van der Waals surface area contributed by atoms with Gasteiger partial charge < -0.3 is 14.2 Å². The van der Waals surface area contributed by atoms with Crippen molar-refractivity contribution in [1.29, 1.82) is 0 Å². The van der Waals surface area contributed by atoms with Crippen molar-refractivity contribution in [3.63, 3.8) is 0 Å². The van der Waals surface area contributed by atoms with Crippen LogP contribution in [0.4, 0.5) is 0 Å². The Morgan fingerprint density at radius 1 is 0.886 bits per heavy atom. The highest BCUT2D eigenvalue weighted by atomic mass is 16.5. The number of ketones is 1. The normalized spacial score (nSPS) is 17.3. The van der Waals surface area contributed by atoms with E-state index in [0.29, 0.717) is 29.4 Å². The first-order valence-corrected chi connectivity index (χ1v) is 12.0. The topological polar surface area (TPSA) is 51.2 Å². The van der Waals surface area contributed by atoms with Crippen molar-refractivity contribution in [2.45, 2.75) is 6.54 Å². The molecule has 2 aliphatic rings. The number of allylic oxidation sites excluding steroid dienone is 1. The van der Waals surface area contributed by atoms with Crippen molar-refractivity contribution in [2.75, 3.05) is 46.4 Å². The number of nitrogens with zero attached hydrogens (tertiary/aromatic N) is 2. The van der Waals surface area contributed by atoms with Gasteiger partial charge in [-0.3, -0.25) is 14.6 Å². The molecule has 5 rings (SSSR count). The molecule has 6 nitrogen and oxygen atoms in total. The van der Waals surface area contributed by atoms with Crippen LogP contribution < -0.4 is 14.2 Å². The Labute approximate surface area is 206 Å². The van der Waals surface area contributed by atoms with Gasteiger partial charge in [0.1, 0.15) is 23.9 Å². The summed E-state index contributed by atoms with van der Waals surface area (Å²) in [7, 11) is 1.63. The molecule has 0 radical (unpaired) electrons. The number of benzene rings is 3. The fourth-order valence-electron chi connectivity index (χ4n) is 4.41. The Morgan fingerprint density at radius 2 is 1.60 bits per heavy atom. The van der Waals surface area contributed by atoms with Crippen LogP contribution in [0, 0.1) is 0 Å². The van der Waals surface area contributed by atoms with Gasteiger partial charge in [-0.05, 0) is 41.5 Å². The highest BCUT2D eigenvalue weighted by Crippen LogP contribution is 2.35. The van der Waals surface area contributed by atoms with Crippen LogP contribution >= 0.6 is 0 Å². The van der Waals surface area contributed by atoms with Crippen LogP contribution in [0.15, 0.2) is 78.6 Å². The van der Waals surface area contributed by atoms with E-state index in [2.05, 4.69) is 40.1 Å². The molecule has 3 aromatic rings. The Kier molecular flexibility index (Phi) is 7.12. The molecule has 0 spiro atoms. The second-order valence-corrected chi connectivity index (χ2v) is 8.82. The molecule has 180 valence electrons. The Bertz CT molecular complexity index is 1180. The zero-order chi connectivity index (χ0) is 24.0. The van der Waals surface area contributed by atoms with Gasteiger partial charge in [0.2, 0.25) is 5.78 Å². The summed E-state index contributed by atoms with van der Waals surface area (Å²) in [6.45, 7) is 6.68. The maximum atomic E-state index is 12.7. The summed E-state index contributed by atoms with van der Waals surface area (Å²) in [6.07, 6.45) is 1.75. The molecule has 1 saturated heterocycles. The zero-order valence-electron chi connectivity index (χ0n) is 20.0. The molecule has 0 aromatic heterocycles. The lowest BCUT2D eigenvalue weighted by Gasteiger charge is -2.34. The fourth-order valence-corrected chi connectivity index (χ4v) is 4.41. The molecule has 2 heterocycles. The standard InChI is InChI=1S/C29H30N2O4/c1-33-24-9-7-22(8-10-24)19-28-29(32)26-12-11-25(20-27(26)35-28)34-18-17-30-13-15-31(16-14-30)21-23-5-3-2-4-6-23/h2-12,19-20H,13-18,21H2,1H3. The maximum Gasteiger partial charge on any atom is 0.231 e. The minimum Gasteiger partial charge on any atom is -0.497 e. The van der Waals surface area contributed by atoms with E-state index >= 15 is 0 Å². The van der Waals surface area contributed by atoms with Gasteiger partial charge in [0.05, 0.1) is 12.7 Å². The number of carbonyl (C=O) groups excluding carboxylic acids is 1. The van der Waals surface area contributed by atoms with E-state index in [0.717, 1.165) is 50.6 Å². The predicted octanol–water partition coefficient (Wildman–Crippen LogP) is 4.51. The summed E-state index contributed by atoms with van der Waals surface area (Å²) in [5.74, 6) is 2.23. The quantitative estimate of drug-likeness (QED) is 0.452. The smallest absolute Gasteiger partial charge is 0.231 e. The molecule has 35 heavy (non-hydrogen) atoms. The molecule has 0 unspecified atom stereocenters. The first kappa shape index (κ1) is 23.1. The van der Waals surface area contributed by atoms with Crippen molar-refractivity contribution in [3.05, 3.63) is 95.2 Å². The molecule has 0 atom stereocenters. The number of hydrogen-bond donors (Lipinski definition) is 0. The van der Waals surface area contributed by atoms with Crippen LogP contribution in [0.1, 0.15) is 21.5 Å². The monoisotopic (exact) mass is 470 g/mol. The molecule has 3 aromatic carbocycles. The van der Waals surface area contributed by atoms with Gasteiger partial charge in [0, 0.05) is 45.3 Å². The van der Waals surface area contributed by atoms with E-state index in [-0.39, 0.29) is 5.78 Å². The van der Waals surface area contributed by atoms with Crippen LogP contribution in [0.25, 0.3) is 6.08 Å². The minimum absolute atomic E-state index is 0.115. The van der Waals surface area contributed by atoms with Gasteiger partial charge >= 0.3 is 0 Å². The molecule has 0 aliphatic carbocycles. The summed E-state index contributed by atoms with van der Waals surface area (Å²) in [4.78, 5) is 17.7. The van der Waals surface area contributed by atoms with E-state index in [4.69, 9.17) is 14.2 Å². The number of carbonyl (C=O) groups is 1.